The van der Waals surface area contributed by atoms with Crippen molar-refractivity contribution in [1.82, 2.24) is 4.98 Å². The molecule has 1 heterocycles. The number of fused-ring (bicyclic) bond motifs is 1. The summed E-state index contributed by atoms with van der Waals surface area (Å²) >= 11 is 2.60. The van der Waals surface area contributed by atoms with E-state index in [1.165, 1.54) is 23.1 Å². The molecular formula is C20H16N2O3S2. The first kappa shape index (κ1) is 19.1. The highest BCUT2D eigenvalue weighted by molar-refractivity contribution is 8.00. The van der Waals surface area contributed by atoms with Crippen molar-refractivity contribution in [3.05, 3.63) is 58.5 Å². The molecule has 0 radical (unpaired) electrons. The van der Waals surface area contributed by atoms with Gasteiger partial charge in [-0.25, -0.2) is 4.98 Å². The van der Waals surface area contributed by atoms with Gasteiger partial charge in [0.25, 0.3) is 0 Å². The van der Waals surface area contributed by atoms with Crippen molar-refractivity contribution in [3.63, 3.8) is 0 Å². The summed E-state index contributed by atoms with van der Waals surface area (Å²) in [5.41, 5.74) is 0.756. The summed E-state index contributed by atoms with van der Waals surface area (Å²) in [5, 5.41) is 13.7. The van der Waals surface area contributed by atoms with Gasteiger partial charge in [0.15, 0.2) is 18.3 Å². The molecular weight excluding hydrogens is 380 g/mol. The van der Waals surface area contributed by atoms with Crippen LogP contribution in [0.3, 0.4) is 0 Å². The van der Waals surface area contributed by atoms with E-state index in [9.17, 15) is 14.9 Å². The molecule has 5 nitrogen and oxygen atoms in total. The van der Waals surface area contributed by atoms with Crippen LogP contribution in [0.4, 0.5) is 0 Å². The van der Waals surface area contributed by atoms with Gasteiger partial charge >= 0.3 is 5.97 Å². The Morgan fingerprint density at radius 1 is 1.26 bits per heavy atom. The highest BCUT2D eigenvalue weighted by Gasteiger charge is 2.24. The van der Waals surface area contributed by atoms with Crippen LogP contribution < -0.4 is 0 Å². The molecule has 3 rings (SSSR count). The molecule has 0 aliphatic heterocycles. The molecule has 0 N–H and O–H groups in total. The molecule has 0 spiro atoms. The summed E-state index contributed by atoms with van der Waals surface area (Å²) < 4.78 is 5.04. The Bertz CT molecular complexity index is 1020. The Balaban J connectivity index is 1.51. The minimum absolute atomic E-state index is 0.0964. The number of esters is 1. The molecule has 1 aromatic heterocycles. The summed E-state index contributed by atoms with van der Waals surface area (Å²) in [6.07, 6.45) is 0. The Morgan fingerprint density at radius 3 is 2.74 bits per heavy atom. The number of ketones is 1. The molecule has 3 aromatic rings. The number of ether oxygens (including phenoxy) is 1. The molecule has 1 atom stereocenters. The number of thiazole rings is 1. The number of hydrogen-bond donors (Lipinski definition) is 0. The molecule has 0 saturated heterocycles. The van der Waals surface area contributed by atoms with Crippen molar-refractivity contribution in [1.29, 1.82) is 5.26 Å². The largest absolute Gasteiger partial charge is 0.457 e. The monoisotopic (exact) mass is 396 g/mol. The molecule has 27 heavy (non-hydrogen) atoms. The lowest BCUT2D eigenvalue weighted by atomic mass is 10.1. The quantitative estimate of drug-likeness (QED) is 0.441. The topological polar surface area (TPSA) is 80.0 Å². The fourth-order valence-electron chi connectivity index (χ4n) is 2.45. The Morgan fingerprint density at radius 2 is 2.04 bits per heavy atom. The number of rotatable bonds is 7. The number of thioether (sulfide) groups is 1. The van der Waals surface area contributed by atoms with E-state index in [0.29, 0.717) is 5.01 Å². The summed E-state index contributed by atoms with van der Waals surface area (Å²) in [6, 6.07) is 15.9. The van der Waals surface area contributed by atoms with Gasteiger partial charge in [0.1, 0.15) is 5.01 Å². The van der Waals surface area contributed by atoms with Gasteiger partial charge in [-0.3, -0.25) is 9.59 Å². The van der Waals surface area contributed by atoms with Crippen LogP contribution in [0, 0.1) is 18.3 Å². The van der Waals surface area contributed by atoms with E-state index in [4.69, 9.17) is 4.74 Å². The molecule has 0 amide bonds. The van der Waals surface area contributed by atoms with Crippen LogP contribution in [0.1, 0.15) is 16.6 Å². The molecule has 136 valence electrons. The summed E-state index contributed by atoms with van der Waals surface area (Å²) in [4.78, 5) is 29.2. The number of carbonyl (C=O) groups excluding carboxylic acids is 2. The first-order chi connectivity index (χ1) is 13.1. The van der Waals surface area contributed by atoms with Gasteiger partial charge in [-0.1, -0.05) is 30.3 Å². The third-order valence-electron chi connectivity index (χ3n) is 3.79. The van der Waals surface area contributed by atoms with Crippen molar-refractivity contribution in [2.75, 3.05) is 12.4 Å². The highest BCUT2D eigenvalue weighted by Crippen LogP contribution is 2.24. The number of nitriles is 1. The first-order valence-electron chi connectivity index (χ1n) is 8.18. The van der Waals surface area contributed by atoms with Crippen LogP contribution in [-0.4, -0.2) is 29.1 Å². The number of benzene rings is 2. The average Bonchev–Trinajstić information content (AvgIpc) is 3.11. The summed E-state index contributed by atoms with van der Waals surface area (Å²) in [5.74, 6) is -1.85. The van der Waals surface area contributed by atoms with Crippen LogP contribution in [0.15, 0.2) is 52.7 Å². The van der Waals surface area contributed by atoms with Gasteiger partial charge in [0.2, 0.25) is 0 Å². The number of nitrogens with zero attached hydrogens (tertiary/aromatic N) is 2. The minimum atomic E-state index is -0.996. The van der Waals surface area contributed by atoms with Crippen LogP contribution in [-0.2, 0) is 14.3 Å². The fourth-order valence-corrected chi connectivity index (χ4v) is 4.05. The predicted octanol–water partition coefficient (Wildman–Crippen LogP) is 4.12. The Labute approximate surface area is 165 Å². The van der Waals surface area contributed by atoms with Crippen molar-refractivity contribution in [2.24, 2.45) is 0 Å². The minimum Gasteiger partial charge on any atom is -0.457 e. The van der Waals surface area contributed by atoms with Crippen LogP contribution in [0.5, 0.6) is 0 Å². The maximum Gasteiger partial charge on any atom is 0.316 e. The zero-order chi connectivity index (χ0) is 19.2. The zero-order valence-corrected chi connectivity index (χ0v) is 16.2. The number of aryl methyl sites for hydroxylation is 1. The van der Waals surface area contributed by atoms with E-state index >= 15 is 0 Å². The predicted molar refractivity (Wildman–Crippen MR) is 106 cm³/mol. The fraction of sp³-hybridized carbons (Fsp3) is 0.200. The average molecular weight is 396 g/mol. The molecule has 2 aromatic carbocycles. The second-order valence-electron chi connectivity index (χ2n) is 5.81. The Kier molecular flexibility index (Phi) is 6.22. The molecule has 0 aliphatic carbocycles. The number of Topliss-reactive ketones (excluding diaryl/α,β-unsaturated/α-hetero) is 1. The second kappa shape index (κ2) is 8.80. The van der Waals surface area contributed by atoms with E-state index in [1.54, 1.807) is 12.3 Å². The third kappa shape index (κ3) is 4.94. The molecule has 1 unspecified atom stereocenters. The number of hydrogen-bond acceptors (Lipinski definition) is 7. The van der Waals surface area contributed by atoms with Gasteiger partial charge in [-0.05, 0) is 29.8 Å². The van der Waals surface area contributed by atoms with E-state index < -0.39 is 24.3 Å². The van der Waals surface area contributed by atoms with Crippen LogP contribution in [0.25, 0.3) is 10.8 Å². The molecule has 0 saturated carbocycles. The number of aromatic nitrogens is 1. The van der Waals surface area contributed by atoms with Gasteiger partial charge in [-0.2, -0.15) is 5.26 Å². The number of carbonyl (C=O) groups is 2. The zero-order valence-electron chi connectivity index (χ0n) is 14.5. The van der Waals surface area contributed by atoms with Gasteiger partial charge < -0.3 is 4.74 Å². The summed E-state index contributed by atoms with van der Waals surface area (Å²) in [7, 11) is 0. The van der Waals surface area contributed by atoms with Crippen molar-refractivity contribution in [2.45, 2.75) is 17.7 Å². The maximum absolute atomic E-state index is 12.2. The van der Waals surface area contributed by atoms with Crippen LogP contribution >= 0.6 is 23.1 Å². The van der Waals surface area contributed by atoms with E-state index in [0.717, 1.165) is 21.4 Å². The summed E-state index contributed by atoms with van der Waals surface area (Å²) in [6.45, 7) is 1.37. The molecule has 0 aliphatic rings. The molecule has 0 bridgehead atoms. The highest BCUT2D eigenvalue weighted by atomic mass is 32.2. The van der Waals surface area contributed by atoms with Crippen molar-refractivity contribution >= 4 is 45.6 Å². The maximum atomic E-state index is 12.2. The first-order valence-corrected chi connectivity index (χ1v) is 10.0. The van der Waals surface area contributed by atoms with Gasteiger partial charge in [-0.15, -0.1) is 23.1 Å². The van der Waals surface area contributed by atoms with Crippen molar-refractivity contribution < 1.29 is 14.3 Å². The van der Waals surface area contributed by atoms with Crippen molar-refractivity contribution in [3.8, 4) is 6.07 Å². The SMILES string of the molecule is Cc1csc(C(C#N)C(=O)COC(=O)CSc2ccc3ccccc3c2)n1. The normalized spacial score (nSPS) is 11.7. The Hall–Kier alpha value is -2.69. The smallest absolute Gasteiger partial charge is 0.316 e. The molecule has 7 heteroatoms. The van der Waals surface area contributed by atoms with E-state index in [-0.39, 0.29) is 5.75 Å². The standard InChI is InChI=1S/C20H16N2O3S2/c1-13-11-27-20(22-13)17(9-21)18(23)10-25-19(24)12-26-16-7-6-14-4-2-3-5-15(14)8-16/h2-8,11,17H,10,12H2,1H3. The van der Waals surface area contributed by atoms with Gasteiger partial charge in [0, 0.05) is 16.0 Å². The van der Waals surface area contributed by atoms with Crippen LogP contribution in [0.2, 0.25) is 0 Å². The lowest BCUT2D eigenvalue weighted by Gasteiger charge is -2.07. The molecule has 0 fully saturated rings. The lowest BCUT2D eigenvalue weighted by molar-refractivity contribution is -0.145. The van der Waals surface area contributed by atoms with E-state index in [2.05, 4.69) is 4.98 Å². The van der Waals surface area contributed by atoms with E-state index in [1.807, 2.05) is 48.5 Å². The third-order valence-corrected chi connectivity index (χ3v) is 5.78. The lowest BCUT2D eigenvalue weighted by Crippen LogP contribution is -2.20. The second-order valence-corrected chi connectivity index (χ2v) is 7.75. The van der Waals surface area contributed by atoms with Gasteiger partial charge in [0.05, 0.1) is 11.8 Å².